The first-order chi connectivity index (χ1) is 9.88. The summed E-state index contributed by atoms with van der Waals surface area (Å²) in [6.45, 7) is 6.18. The minimum Gasteiger partial charge on any atom is -0.381 e. The molecule has 1 heterocycles. The molecular formula is C14H20N4O2S. The molecule has 114 valence electrons. The van der Waals surface area contributed by atoms with Crippen LogP contribution in [0.25, 0.3) is 0 Å². The highest BCUT2D eigenvalue weighted by atomic mass is 32.2. The minimum absolute atomic E-state index is 0.128. The highest BCUT2D eigenvalue weighted by Crippen LogP contribution is 2.15. The first kappa shape index (κ1) is 15.5. The summed E-state index contributed by atoms with van der Waals surface area (Å²) in [5.41, 5.74) is 2.95. The van der Waals surface area contributed by atoms with Gasteiger partial charge in [0.15, 0.2) is 0 Å². The number of benzene rings is 1. The molecule has 1 aromatic carbocycles. The van der Waals surface area contributed by atoms with E-state index in [0.717, 1.165) is 16.9 Å². The van der Waals surface area contributed by atoms with Gasteiger partial charge in [0.05, 0.1) is 11.1 Å². The van der Waals surface area contributed by atoms with Gasteiger partial charge in [0.2, 0.25) is 10.0 Å². The Labute approximate surface area is 125 Å². The van der Waals surface area contributed by atoms with Gasteiger partial charge in [0.1, 0.15) is 0 Å². The molecule has 0 radical (unpaired) electrons. The van der Waals surface area contributed by atoms with Gasteiger partial charge in [-0.15, -0.1) is 0 Å². The number of hydrogen-bond donors (Lipinski definition) is 3. The summed E-state index contributed by atoms with van der Waals surface area (Å²) in [6.07, 6.45) is 1.77. The summed E-state index contributed by atoms with van der Waals surface area (Å²) in [4.78, 5) is 0.265. The fraction of sp³-hybridized carbons (Fsp3) is 0.357. The van der Waals surface area contributed by atoms with E-state index in [9.17, 15) is 8.42 Å². The zero-order valence-corrected chi connectivity index (χ0v) is 13.2. The monoisotopic (exact) mass is 308 g/mol. The Bertz CT molecular complexity index is 690. The predicted octanol–water partition coefficient (Wildman–Crippen LogP) is 2.02. The molecular weight excluding hydrogens is 288 g/mol. The maximum absolute atomic E-state index is 12.0. The number of anilines is 1. The molecule has 0 aliphatic rings. The van der Waals surface area contributed by atoms with E-state index in [2.05, 4.69) is 20.2 Å². The predicted molar refractivity (Wildman–Crippen MR) is 82.6 cm³/mol. The molecule has 0 bridgehead atoms. The summed E-state index contributed by atoms with van der Waals surface area (Å²) in [6, 6.07) is 6.57. The number of rotatable bonds is 6. The molecule has 3 N–H and O–H groups in total. The van der Waals surface area contributed by atoms with Crippen LogP contribution in [0.2, 0.25) is 0 Å². The minimum atomic E-state index is -3.43. The number of sulfonamides is 1. The van der Waals surface area contributed by atoms with E-state index in [1.54, 1.807) is 44.3 Å². The largest absolute Gasteiger partial charge is 0.381 e. The van der Waals surface area contributed by atoms with Crippen LogP contribution in [-0.4, -0.2) is 24.7 Å². The van der Waals surface area contributed by atoms with E-state index in [1.165, 1.54) is 0 Å². The lowest BCUT2D eigenvalue weighted by atomic mass is 10.2. The van der Waals surface area contributed by atoms with Crippen molar-refractivity contribution < 1.29 is 8.42 Å². The molecule has 0 aliphatic heterocycles. The van der Waals surface area contributed by atoms with Gasteiger partial charge in [-0.05, 0) is 45.0 Å². The Morgan fingerprint density at radius 2 is 1.90 bits per heavy atom. The van der Waals surface area contributed by atoms with Crippen LogP contribution < -0.4 is 10.0 Å². The zero-order valence-electron chi connectivity index (χ0n) is 12.3. The Hall–Kier alpha value is -1.86. The van der Waals surface area contributed by atoms with Crippen molar-refractivity contribution in [2.45, 2.75) is 38.3 Å². The highest BCUT2D eigenvalue weighted by Gasteiger charge is 2.14. The summed E-state index contributed by atoms with van der Waals surface area (Å²) in [7, 11) is -3.43. The molecule has 0 spiro atoms. The highest BCUT2D eigenvalue weighted by molar-refractivity contribution is 7.89. The van der Waals surface area contributed by atoms with Crippen molar-refractivity contribution in [1.29, 1.82) is 0 Å². The number of aromatic nitrogens is 2. The summed E-state index contributed by atoms with van der Waals surface area (Å²) < 4.78 is 26.6. The molecule has 0 fully saturated rings. The van der Waals surface area contributed by atoms with Crippen molar-refractivity contribution in [3.63, 3.8) is 0 Å². The van der Waals surface area contributed by atoms with E-state index >= 15 is 0 Å². The van der Waals surface area contributed by atoms with Crippen molar-refractivity contribution in [2.24, 2.45) is 0 Å². The molecule has 0 amide bonds. The quantitative estimate of drug-likeness (QED) is 0.762. The number of nitrogens with one attached hydrogen (secondary N) is 3. The Kier molecular flexibility index (Phi) is 4.64. The SMILES string of the molecule is Cc1[nH]ncc1CNc1ccc(S(=O)(=O)NC(C)C)cc1. The van der Waals surface area contributed by atoms with E-state index in [-0.39, 0.29) is 10.9 Å². The standard InChI is InChI=1S/C14H20N4O2S/c1-10(2)18-21(19,20)14-6-4-13(5-7-14)15-8-12-9-16-17-11(12)3/h4-7,9-10,15,18H,8H2,1-3H3,(H,16,17). The lowest BCUT2D eigenvalue weighted by molar-refractivity contribution is 0.570. The topological polar surface area (TPSA) is 86.9 Å². The smallest absolute Gasteiger partial charge is 0.240 e. The maximum Gasteiger partial charge on any atom is 0.240 e. The van der Waals surface area contributed by atoms with Crippen LogP contribution in [-0.2, 0) is 16.6 Å². The molecule has 2 aromatic rings. The maximum atomic E-state index is 12.0. The van der Waals surface area contributed by atoms with Gasteiger partial charge in [-0.25, -0.2) is 13.1 Å². The molecule has 0 saturated heterocycles. The molecule has 2 rings (SSSR count). The second-order valence-electron chi connectivity index (χ2n) is 5.17. The van der Waals surface area contributed by atoms with Crippen LogP contribution in [0.1, 0.15) is 25.1 Å². The van der Waals surface area contributed by atoms with Crippen molar-refractivity contribution in [3.8, 4) is 0 Å². The van der Waals surface area contributed by atoms with Gasteiger partial charge < -0.3 is 5.32 Å². The van der Waals surface area contributed by atoms with Crippen molar-refractivity contribution in [3.05, 3.63) is 41.7 Å². The average Bonchev–Trinajstić information content (AvgIpc) is 2.81. The number of H-pyrrole nitrogens is 1. The van der Waals surface area contributed by atoms with Crippen molar-refractivity contribution >= 4 is 15.7 Å². The molecule has 1 aromatic heterocycles. The second kappa shape index (κ2) is 6.28. The molecule has 0 unspecified atom stereocenters. The fourth-order valence-corrected chi connectivity index (χ4v) is 3.13. The zero-order chi connectivity index (χ0) is 15.5. The van der Waals surface area contributed by atoms with Gasteiger partial charge in [-0.3, -0.25) is 5.10 Å². The molecule has 21 heavy (non-hydrogen) atoms. The number of hydrogen-bond acceptors (Lipinski definition) is 4. The Balaban J connectivity index is 2.04. The Morgan fingerprint density at radius 3 is 2.43 bits per heavy atom. The van der Waals surface area contributed by atoms with Gasteiger partial charge in [-0.1, -0.05) is 0 Å². The molecule has 6 nitrogen and oxygen atoms in total. The lowest BCUT2D eigenvalue weighted by Crippen LogP contribution is -2.30. The van der Waals surface area contributed by atoms with Crippen molar-refractivity contribution in [1.82, 2.24) is 14.9 Å². The summed E-state index contributed by atoms with van der Waals surface area (Å²) >= 11 is 0. The molecule has 0 atom stereocenters. The van der Waals surface area contributed by atoms with Crippen LogP contribution in [0.5, 0.6) is 0 Å². The summed E-state index contributed by atoms with van der Waals surface area (Å²) in [5, 5.41) is 10.1. The average molecular weight is 308 g/mol. The van der Waals surface area contributed by atoms with Gasteiger partial charge in [0, 0.05) is 29.5 Å². The van der Waals surface area contributed by atoms with Crippen LogP contribution >= 0.6 is 0 Å². The number of aryl methyl sites for hydroxylation is 1. The third kappa shape index (κ3) is 4.05. The lowest BCUT2D eigenvalue weighted by Gasteiger charge is -2.10. The van der Waals surface area contributed by atoms with Crippen molar-refractivity contribution in [2.75, 3.05) is 5.32 Å². The van der Waals surface area contributed by atoms with Gasteiger partial charge in [0.25, 0.3) is 0 Å². The molecule has 0 aliphatic carbocycles. The first-order valence-corrected chi connectivity index (χ1v) is 8.22. The van der Waals surface area contributed by atoms with Crippen LogP contribution in [0.4, 0.5) is 5.69 Å². The molecule has 0 saturated carbocycles. The van der Waals surface area contributed by atoms with Crippen LogP contribution in [0, 0.1) is 6.92 Å². The van der Waals surface area contributed by atoms with E-state index in [0.29, 0.717) is 6.54 Å². The first-order valence-electron chi connectivity index (χ1n) is 6.73. The second-order valence-corrected chi connectivity index (χ2v) is 6.89. The fourth-order valence-electron chi connectivity index (χ4n) is 1.88. The third-order valence-corrected chi connectivity index (χ3v) is 4.65. The Morgan fingerprint density at radius 1 is 1.24 bits per heavy atom. The normalized spacial score (nSPS) is 11.8. The van der Waals surface area contributed by atoms with E-state index < -0.39 is 10.0 Å². The van der Waals surface area contributed by atoms with Crippen LogP contribution in [0.15, 0.2) is 35.4 Å². The molecule has 7 heteroatoms. The third-order valence-electron chi connectivity index (χ3n) is 2.97. The van der Waals surface area contributed by atoms with E-state index in [1.807, 2.05) is 6.92 Å². The number of aromatic amines is 1. The number of nitrogens with zero attached hydrogens (tertiary/aromatic N) is 1. The van der Waals surface area contributed by atoms with Gasteiger partial charge in [-0.2, -0.15) is 5.10 Å². The summed E-state index contributed by atoms with van der Waals surface area (Å²) in [5.74, 6) is 0. The van der Waals surface area contributed by atoms with E-state index in [4.69, 9.17) is 0 Å². The van der Waals surface area contributed by atoms with Crippen LogP contribution in [0.3, 0.4) is 0 Å². The van der Waals surface area contributed by atoms with Gasteiger partial charge >= 0.3 is 0 Å².